The van der Waals surface area contributed by atoms with Crippen LogP contribution in [-0.4, -0.2) is 37.7 Å². The van der Waals surface area contributed by atoms with Crippen molar-refractivity contribution in [3.05, 3.63) is 23.9 Å². The second kappa shape index (κ2) is 7.11. The van der Waals surface area contributed by atoms with Gasteiger partial charge >= 0.3 is 0 Å². The molecule has 18 heavy (non-hydrogen) atoms. The van der Waals surface area contributed by atoms with Crippen molar-refractivity contribution in [2.45, 2.75) is 24.9 Å². The van der Waals surface area contributed by atoms with E-state index in [0.29, 0.717) is 5.75 Å². The lowest BCUT2D eigenvalue weighted by molar-refractivity contribution is 0.585. The van der Waals surface area contributed by atoms with Crippen LogP contribution < -0.4 is 5.32 Å². The summed E-state index contributed by atoms with van der Waals surface area (Å²) in [4.78, 5) is 4.33. The lowest BCUT2D eigenvalue weighted by Gasteiger charge is -2.15. The van der Waals surface area contributed by atoms with E-state index in [0.717, 1.165) is 17.1 Å². The molecule has 1 atom stereocenters. The smallest absolute Gasteiger partial charge is 0.148 e. The molecule has 1 rings (SSSR count). The van der Waals surface area contributed by atoms with Crippen LogP contribution in [0, 0.1) is 0 Å². The van der Waals surface area contributed by atoms with Gasteiger partial charge in [0.15, 0.2) is 0 Å². The van der Waals surface area contributed by atoms with Gasteiger partial charge in [-0.05, 0) is 19.5 Å². The van der Waals surface area contributed by atoms with Gasteiger partial charge in [0.05, 0.1) is 5.75 Å². The van der Waals surface area contributed by atoms with E-state index in [1.54, 1.807) is 6.20 Å². The molecule has 0 amide bonds. The van der Waals surface area contributed by atoms with Gasteiger partial charge in [0.25, 0.3) is 0 Å². The van der Waals surface area contributed by atoms with E-state index in [-0.39, 0.29) is 11.8 Å². The zero-order valence-corrected chi connectivity index (χ0v) is 12.6. The van der Waals surface area contributed by atoms with Crippen molar-refractivity contribution in [3.8, 4) is 0 Å². The van der Waals surface area contributed by atoms with Crippen LogP contribution in [0.2, 0.25) is 0 Å². The first-order chi connectivity index (χ1) is 8.44. The summed E-state index contributed by atoms with van der Waals surface area (Å²) in [6.45, 7) is 5.04. The predicted molar refractivity (Wildman–Crippen MR) is 76.8 cm³/mol. The minimum absolute atomic E-state index is 0.184. The first-order valence-corrected chi connectivity index (χ1v) is 8.97. The number of hydrogen-bond donors (Lipinski definition) is 1. The fourth-order valence-corrected chi connectivity index (χ4v) is 3.84. The molecule has 1 unspecified atom stereocenters. The number of pyridine rings is 1. The lowest BCUT2D eigenvalue weighted by atomic mass is 10.1. The largest absolute Gasteiger partial charge is 0.310 e. The lowest BCUT2D eigenvalue weighted by Crippen LogP contribution is -2.18. The van der Waals surface area contributed by atoms with Crippen LogP contribution in [0.25, 0.3) is 0 Å². The van der Waals surface area contributed by atoms with Gasteiger partial charge in [0.2, 0.25) is 0 Å². The average molecular weight is 288 g/mol. The maximum atomic E-state index is 11.1. The molecule has 0 spiro atoms. The quantitative estimate of drug-likeness (QED) is 0.776. The van der Waals surface area contributed by atoms with E-state index >= 15 is 0 Å². The van der Waals surface area contributed by atoms with Crippen molar-refractivity contribution in [1.29, 1.82) is 0 Å². The summed E-state index contributed by atoms with van der Waals surface area (Å²) in [5.41, 5.74) is 1.12. The second-order valence-electron chi connectivity index (χ2n) is 4.16. The Morgan fingerprint density at radius 2 is 2.22 bits per heavy atom. The minimum atomic E-state index is -2.90. The zero-order valence-electron chi connectivity index (χ0n) is 11.0. The molecule has 1 heterocycles. The molecular formula is C12H20N2O2S2. The molecule has 0 aromatic carbocycles. The molecule has 0 radical (unpaired) electrons. The molecule has 4 nitrogen and oxygen atoms in total. The maximum absolute atomic E-state index is 11.1. The highest BCUT2D eigenvalue weighted by molar-refractivity contribution is 8.00. The molecule has 0 bridgehead atoms. The van der Waals surface area contributed by atoms with Crippen LogP contribution in [0.3, 0.4) is 0 Å². The topological polar surface area (TPSA) is 59.1 Å². The number of nitrogens with one attached hydrogen (secondary N) is 1. The highest BCUT2D eigenvalue weighted by Gasteiger charge is 2.11. The maximum Gasteiger partial charge on any atom is 0.148 e. The average Bonchev–Trinajstić information content (AvgIpc) is 2.28. The van der Waals surface area contributed by atoms with E-state index in [1.165, 1.54) is 18.0 Å². The summed E-state index contributed by atoms with van der Waals surface area (Å²) in [7, 11) is -2.90. The monoisotopic (exact) mass is 288 g/mol. The number of sulfone groups is 1. The third-order valence-corrected chi connectivity index (χ3v) is 4.70. The second-order valence-corrected chi connectivity index (χ2v) is 7.50. The van der Waals surface area contributed by atoms with Gasteiger partial charge in [0.1, 0.15) is 14.9 Å². The molecule has 1 aromatic heterocycles. The minimum Gasteiger partial charge on any atom is -0.310 e. The Balaban J connectivity index is 2.70. The molecule has 0 fully saturated rings. The third kappa shape index (κ3) is 5.37. The van der Waals surface area contributed by atoms with Crippen molar-refractivity contribution in [3.63, 3.8) is 0 Å². The van der Waals surface area contributed by atoms with Gasteiger partial charge in [-0.3, -0.25) is 0 Å². The fourth-order valence-electron chi connectivity index (χ4n) is 1.56. The van der Waals surface area contributed by atoms with Crippen LogP contribution in [0.1, 0.15) is 25.5 Å². The Labute approximate surface area is 114 Å². The standard InChI is InChI=1S/C12H20N2O2S2/c1-4-13-10(2)11-6-5-7-14-12(11)17-8-9-18(3,15)16/h5-7,10,13H,4,8-9H2,1-3H3. The normalized spacial score (nSPS) is 13.5. The molecule has 0 aliphatic heterocycles. The Hall–Kier alpha value is -0.590. The van der Waals surface area contributed by atoms with Crippen LogP contribution >= 0.6 is 11.8 Å². The van der Waals surface area contributed by atoms with Gasteiger partial charge in [-0.2, -0.15) is 0 Å². The number of thioether (sulfide) groups is 1. The van der Waals surface area contributed by atoms with Crippen LogP contribution in [0.5, 0.6) is 0 Å². The van der Waals surface area contributed by atoms with Crippen molar-refractivity contribution >= 4 is 21.6 Å². The van der Waals surface area contributed by atoms with Gasteiger partial charge in [0, 0.05) is 29.8 Å². The van der Waals surface area contributed by atoms with Crippen LogP contribution in [0.15, 0.2) is 23.4 Å². The van der Waals surface area contributed by atoms with Gasteiger partial charge in [-0.15, -0.1) is 11.8 Å². The molecule has 0 aliphatic rings. The van der Waals surface area contributed by atoms with Gasteiger partial charge in [-0.1, -0.05) is 13.0 Å². The van der Waals surface area contributed by atoms with Gasteiger partial charge < -0.3 is 5.32 Å². The van der Waals surface area contributed by atoms with E-state index in [9.17, 15) is 8.42 Å². The Morgan fingerprint density at radius 3 is 2.83 bits per heavy atom. The molecule has 1 N–H and O–H groups in total. The summed E-state index contributed by atoms with van der Waals surface area (Å²) in [6, 6.07) is 4.16. The SMILES string of the molecule is CCNC(C)c1cccnc1SCCS(C)(=O)=O. The Morgan fingerprint density at radius 1 is 1.50 bits per heavy atom. The summed E-state index contributed by atoms with van der Waals surface area (Å²) < 4.78 is 22.2. The molecular weight excluding hydrogens is 268 g/mol. The van der Waals surface area contributed by atoms with Crippen molar-refractivity contribution < 1.29 is 8.42 Å². The Bertz CT molecular complexity index is 475. The predicted octanol–water partition coefficient (Wildman–Crippen LogP) is 1.89. The molecule has 0 saturated heterocycles. The number of aromatic nitrogens is 1. The van der Waals surface area contributed by atoms with E-state index < -0.39 is 9.84 Å². The highest BCUT2D eigenvalue weighted by Crippen LogP contribution is 2.25. The van der Waals surface area contributed by atoms with Crippen molar-refractivity contribution in [2.75, 3.05) is 24.3 Å². The fraction of sp³-hybridized carbons (Fsp3) is 0.583. The van der Waals surface area contributed by atoms with Crippen LogP contribution in [0.4, 0.5) is 0 Å². The van der Waals surface area contributed by atoms with E-state index in [1.807, 2.05) is 12.1 Å². The summed E-state index contributed by atoms with van der Waals surface area (Å²) in [5, 5.41) is 4.25. The molecule has 0 saturated carbocycles. The number of rotatable bonds is 7. The third-order valence-electron chi connectivity index (χ3n) is 2.47. The molecule has 6 heteroatoms. The molecule has 102 valence electrons. The summed E-state index contributed by atoms with van der Waals surface area (Å²) >= 11 is 1.50. The van der Waals surface area contributed by atoms with Gasteiger partial charge in [-0.25, -0.2) is 13.4 Å². The van der Waals surface area contributed by atoms with E-state index in [4.69, 9.17) is 0 Å². The van der Waals surface area contributed by atoms with E-state index in [2.05, 4.69) is 24.1 Å². The summed E-state index contributed by atoms with van der Waals surface area (Å²) in [5.74, 6) is 0.727. The van der Waals surface area contributed by atoms with Crippen molar-refractivity contribution in [2.24, 2.45) is 0 Å². The van der Waals surface area contributed by atoms with Crippen LogP contribution in [-0.2, 0) is 9.84 Å². The number of hydrogen-bond acceptors (Lipinski definition) is 5. The first-order valence-electron chi connectivity index (χ1n) is 5.93. The highest BCUT2D eigenvalue weighted by atomic mass is 32.2. The summed E-state index contributed by atoms with van der Waals surface area (Å²) in [6.07, 6.45) is 3.00. The molecule has 0 aliphatic carbocycles. The van der Waals surface area contributed by atoms with Crippen molar-refractivity contribution in [1.82, 2.24) is 10.3 Å². The zero-order chi connectivity index (χ0) is 13.6. The first kappa shape index (κ1) is 15.5. The Kier molecular flexibility index (Phi) is 6.11. The molecule has 1 aromatic rings. The number of nitrogens with zero attached hydrogens (tertiary/aromatic N) is 1.